The fraction of sp³-hybridized carbons (Fsp3) is 0.880. The van der Waals surface area contributed by atoms with Crippen LogP contribution >= 0.6 is 0 Å². The maximum atomic E-state index is 13.3. The summed E-state index contributed by atoms with van der Waals surface area (Å²) in [6.07, 6.45) is 38.0. The summed E-state index contributed by atoms with van der Waals surface area (Å²) in [4.78, 5) is 17.3. The van der Waals surface area contributed by atoms with E-state index in [-0.39, 0.29) is 29.0 Å². The van der Waals surface area contributed by atoms with Gasteiger partial charge < -0.3 is 29.1 Å². The molecule has 0 saturated heterocycles. The summed E-state index contributed by atoms with van der Waals surface area (Å²) in [5, 5.41) is 44.8. The Morgan fingerprint density at radius 2 is 1.16 bits per heavy atom. The van der Waals surface area contributed by atoms with Gasteiger partial charge in [-0.1, -0.05) is 51.9 Å². The van der Waals surface area contributed by atoms with Crippen molar-refractivity contribution in [3.8, 4) is 0 Å². The average Bonchev–Trinajstić information content (AvgIpc) is 1.81. The number of carbonyl (C=O) groups is 1. The molecule has 3 N–H and O–H groups in total. The SMILES string of the molecule is CC(C)OC[C@]12CC[C@@H](O)C[C@H]1CC[C@H]1[C@@H]3CC[C@H](C(=O)Cn4cncn4)[C@@]3(C)CC[C@@H]12.CCc1cc([C@H]2CC[C@H]3[C@@H]4CC[C@@H]5C[C@](C)(O)CC[C@@H]5[C@H]4CC[C@]23C)no1.CCc1cc([C@H]2CC[C@H]3[C@@H]4CC[C@H]5C[C@](C)(O)CC[C@]5(C)[C@H]4CC[C@]23C)no1. The van der Waals surface area contributed by atoms with Gasteiger partial charge >= 0.3 is 0 Å². The molecule has 0 unspecified atom stereocenters. The lowest BCUT2D eigenvalue weighted by atomic mass is 9.44. The van der Waals surface area contributed by atoms with Crippen molar-refractivity contribution in [3.63, 3.8) is 0 Å². The highest BCUT2D eigenvalue weighted by molar-refractivity contribution is 5.82. The maximum Gasteiger partial charge on any atom is 0.157 e. The third kappa shape index (κ3) is 11.2. The molecule has 12 heteroatoms. The van der Waals surface area contributed by atoms with Gasteiger partial charge in [-0.2, -0.15) is 5.10 Å². The zero-order valence-corrected chi connectivity index (χ0v) is 55.8. The number of Topliss-reactive ketones (excluding diaryl/α,β-unsaturated/α-hetero) is 1. The average molecular weight is 1200 g/mol. The van der Waals surface area contributed by atoms with Gasteiger partial charge in [-0.3, -0.25) is 4.79 Å². The molecule has 3 aromatic rings. The Balaban J connectivity index is 0.000000121. The number of fused-ring (bicyclic) bond motifs is 15. The molecule has 3 heterocycles. The smallest absolute Gasteiger partial charge is 0.157 e. The minimum absolute atomic E-state index is 0.111. The molecule has 0 radical (unpaired) electrons. The first-order valence-electron chi connectivity index (χ1n) is 36.5. The summed E-state index contributed by atoms with van der Waals surface area (Å²) in [7, 11) is 0. The molecule has 12 nitrogen and oxygen atoms in total. The van der Waals surface area contributed by atoms with Gasteiger partial charge in [0.25, 0.3) is 0 Å². The minimum atomic E-state index is -0.428. The highest BCUT2D eigenvalue weighted by Gasteiger charge is 2.65. The van der Waals surface area contributed by atoms with Crippen molar-refractivity contribution >= 4 is 5.78 Å². The quantitative estimate of drug-likeness (QED) is 0.177. The van der Waals surface area contributed by atoms with Crippen molar-refractivity contribution in [3.05, 3.63) is 47.7 Å². The Bertz CT molecular complexity index is 2840. The molecule has 3 aromatic heterocycles. The Kier molecular flexibility index (Phi) is 17.3. The molecule has 24 atom stereocenters. The van der Waals surface area contributed by atoms with Crippen molar-refractivity contribution < 1.29 is 33.9 Å². The van der Waals surface area contributed by atoms with E-state index in [2.05, 4.69) is 102 Å². The van der Waals surface area contributed by atoms with Crippen molar-refractivity contribution in [2.75, 3.05) is 6.61 Å². The van der Waals surface area contributed by atoms with Crippen LogP contribution in [-0.2, 0) is 28.9 Å². The monoisotopic (exact) mass is 1200 g/mol. The van der Waals surface area contributed by atoms with Crippen molar-refractivity contribution in [1.29, 1.82) is 0 Å². The van der Waals surface area contributed by atoms with Crippen LogP contribution in [0.3, 0.4) is 0 Å². The zero-order chi connectivity index (χ0) is 61.1. The van der Waals surface area contributed by atoms with E-state index in [9.17, 15) is 20.1 Å². The van der Waals surface area contributed by atoms with Gasteiger partial charge in [-0.05, 0) is 305 Å². The lowest BCUT2D eigenvalue weighted by Gasteiger charge is -2.61. The number of nitrogens with zero attached hydrogens (tertiary/aromatic N) is 5. The topological polar surface area (TPSA) is 170 Å². The molecular formula is C75H117N5O7. The number of aryl methyl sites for hydroxylation is 2. The molecule has 87 heavy (non-hydrogen) atoms. The van der Waals surface area contributed by atoms with Gasteiger partial charge in [0.2, 0.25) is 0 Å². The first-order valence-corrected chi connectivity index (χ1v) is 36.5. The minimum Gasteiger partial charge on any atom is -0.393 e. The lowest BCUT2D eigenvalue weighted by Crippen LogP contribution is -2.57. The lowest BCUT2D eigenvalue weighted by molar-refractivity contribution is -0.170. The third-order valence-corrected chi connectivity index (χ3v) is 30.0. The molecule has 12 fully saturated rings. The van der Waals surface area contributed by atoms with Gasteiger partial charge in [-0.15, -0.1) is 0 Å². The molecule has 12 aliphatic carbocycles. The molecule has 484 valence electrons. The van der Waals surface area contributed by atoms with Gasteiger partial charge in [0.15, 0.2) is 5.78 Å². The molecular weight excluding hydrogens is 1080 g/mol. The van der Waals surface area contributed by atoms with Crippen molar-refractivity contribution in [1.82, 2.24) is 25.1 Å². The van der Waals surface area contributed by atoms with E-state index in [1.54, 1.807) is 11.0 Å². The molecule has 0 aromatic carbocycles. The van der Waals surface area contributed by atoms with Gasteiger partial charge in [0.1, 0.15) is 30.7 Å². The second-order valence-electron chi connectivity index (χ2n) is 34.4. The van der Waals surface area contributed by atoms with Crippen LogP contribution in [0.2, 0.25) is 0 Å². The van der Waals surface area contributed by atoms with Crippen LogP contribution in [0.5, 0.6) is 0 Å². The number of aliphatic hydroxyl groups is 3. The zero-order valence-electron chi connectivity index (χ0n) is 55.8. The van der Waals surface area contributed by atoms with E-state index < -0.39 is 11.2 Å². The second kappa shape index (κ2) is 23.9. The van der Waals surface area contributed by atoms with Crippen molar-refractivity contribution in [2.24, 2.45) is 110 Å². The molecule has 12 aliphatic rings. The molecule has 0 bridgehead atoms. The fourth-order valence-corrected chi connectivity index (χ4v) is 25.5. The Morgan fingerprint density at radius 3 is 1.82 bits per heavy atom. The molecule has 0 amide bonds. The number of hydrogen-bond donors (Lipinski definition) is 3. The summed E-state index contributed by atoms with van der Waals surface area (Å²) in [6.45, 7) is 24.1. The summed E-state index contributed by atoms with van der Waals surface area (Å²) in [5.41, 5.74) is 3.22. The molecule has 0 aliphatic heterocycles. The Morgan fingerprint density at radius 1 is 0.586 bits per heavy atom. The standard InChI is InChI=1S/C26H41N3O3.C25H39NO2.C24H37NO2/c1-17(2)32-14-26-11-8-19(30)12-18(26)4-5-20-21-6-7-23(25(21,3)10-9-22(20)26)24(31)13-29-16-27-15-28-29;1-5-17-14-22(26-28-17)21-9-8-19-18-7-6-16-15-23(2,27)12-13-24(16,3)20(18)10-11-25(19,21)4;1-4-16-13-22(25-27-16)21-8-7-20-19-6-5-15-14-23(2,26)11-9-17(15)18(19)10-12-24(20,21)3/h15-23,30H,4-14H2,1-3H3;14,16,18-21,27H,5-13,15H2,1-4H3;13,15,17-21,26H,4-12,14H2,1-3H3/t18-,19-,20+,21+,22+,23-,25+,26-;16-,18-,19-,20-,21+,23+,24-,25-;15-,17+,18-,19-,20+,21-,23-,24+/m101/s1. The third-order valence-electron chi connectivity index (χ3n) is 30.0. The number of rotatable bonds is 10. The van der Waals surface area contributed by atoms with Gasteiger partial charge in [-0.25, -0.2) is 9.67 Å². The number of hydrogen-bond acceptors (Lipinski definition) is 11. The normalized spacial score (nSPS) is 47.6. The van der Waals surface area contributed by atoms with Crippen molar-refractivity contribution in [2.45, 2.75) is 297 Å². The van der Waals surface area contributed by atoms with E-state index in [0.717, 1.165) is 142 Å². The number of aromatic nitrogens is 5. The number of ketones is 1. The maximum absolute atomic E-state index is 13.3. The largest absolute Gasteiger partial charge is 0.393 e. The first kappa shape index (κ1) is 62.9. The van der Waals surface area contributed by atoms with E-state index in [4.69, 9.17) is 13.8 Å². The molecule has 0 spiro atoms. The van der Waals surface area contributed by atoms with E-state index in [1.165, 1.54) is 133 Å². The second-order valence-corrected chi connectivity index (χ2v) is 34.4. The molecule has 12 saturated carbocycles. The summed E-state index contributed by atoms with van der Waals surface area (Å²) in [5.74, 6) is 14.0. The van der Waals surface area contributed by atoms with E-state index >= 15 is 0 Å². The van der Waals surface area contributed by atoms with Gasteiger partial charge in [0, 0.05) is 42.7 Å². The van der Waals surface area contributed by atoms with Crippen LogP contribution in [0.25, 0.3) is 0 Å². The van der Waals surface area contributed by atoms with E-state index in [1.807, 2.05) is 0 Å². The number of ether oxygens (including phenoxy) is 1. The Hall–Kier alpha value is -2.93. The number of carbonyl (C=O) groups excluding carboxylic acids is 1. The summed E-state index contributed by atoms with van der Waals surface area (Å²) in [6, 6.07) is 4.48. The summed E-state index contributed by atoms with van der Waals surface area (Å²) >= 11 is 0. The van der Waals surface area contributed by atoms with Crippen LogP contribution in [-0.4, -0.2) is 76.2 Å². The number of aliphatic hydroxyl groups excluding tert-OH is 1. The van der Waals surface area contributed by atoms with Gasteiger partial charge in [0.05, 0.1) is 41.4 Å². The highest BCUT2D eigenvalue weighted by atomic mass is 16.5. The fourth-order valence-electron chi connectivity index (χ4n) is 25.5. The van der Waals surface area contributed by atoms with Crippen LogP contribution in [0, 0.1) is 110 Å². The van der Waals surface area contributed by atoms with E-state index in [0.29, 0.717) is 64.1 Å². The predicted molar refractivity (Wildman–Crippen MR) is 339 cm³/mol. The van der Waals surface area contributed by atoms with Crippen LogP contribution in [0.4, 0.5) is 0 Å². The summed E-state index contributed by atoms with van der Waals surface area (Å²) < 4.78 is 19.2. The van der Waals surface area contributed by atoms with Crippen LogP contribution < -0.4 is 0 Å². The first-order chi connectivity index (χ1) is 41.5. The Labute approximate surface area is 523 Å². The van der Waals surface area contributed by atoms with Crippen LogP contribution in [0.1, 0.15) is 277 Å². The van der Waals surface area contributed by atoms with Crippen LogP contribution in [0.15, 0.2) is 33.8 Å². The molecule has 15 rings (SSSR count). The highest BCUT2D eigenvalue weighted by Crippen LogP contribution is 2.72. The predicted octanol–water partition coefficient (Wildman–Crippen LogP) is 16.1.